The number of hydrogen-bond acceptors (Lipinski definition) is 4. The van der Waals surface area contributed by atoms with E-state index in [1.165, 1.54) is 0 Å². The molecule has 0 spiro atoms. The van der Waals surface area contributed by atoms with E-state index in [1.807, 2.05) is 12.1 Å². The average molecular weight is 221 g/mol. The Hall–Kier alpha value is -1.00. The molecule has 0 aliphatic rings. The van der Waals surface area contributed by atoms with E-state index in [0.717, 1.165) is 21.8 Å². The lowest BCUT2D eigenvalue weighted by Gasteiger charge is -2.14. The molecule has 0 fully saturated rings. The maximum absolute atomic E-state index is 6.13. The molecule has 0 bridgehead atoms. The summed E-state index contributed by atoms with van der Waals surface area (Å²) in [5, 5.41) is 0.998. The Kier molecular flexibility index (Phi) is 2.98. The van der Waals surface area contributed by atoms with Gasteiger partial charge in [-0.2, -0.15) is 0 Å². The summed E-state index contributed by atoms with van der Waals surface area (Å²) < 4.78 is 0. The molecule has 2 aromatic heterocycles. The third-order valence-corrected chi connectivity index (χ3v) is 3.81. The van der Waals surface area contributed by atoms with Crippen LogP contribution in [0.25, 0.3) is 10.3 Å². The van der Waals surface area contributed by atoms with Crippen LogP contribution in [0.4, 0.5) is 0 Å². The van der Waals surface area contributed by atoms with Gasteiger partial charge in [-0.3, -0.25) is 0 Å². The highest BCUT2D eigenvalue weighted by Crippen LogP contribution is 2.28. The van der Waals surface area contributed by atoms with Crippen molar-refractivity contribution in [3.8, 4) is 0 Å². The molecule has 2 rings (SSSR count). The molecule has 2 heterocycles. The van der Waals surface area contributed by atoms with E-state index in [2.05, 4.69) is 23.8 Å². The number of rotatable bonds is 3. The van der Waals surface area contributed by atoms with Crippen LogP contribution >= 0.6 is 11.3 Å². The largest absolute Gasteiger partial charge is 0.322 e. The predicted octanol–water partition coefficient (Wildman–Crippen LogP) is 2.74. The zero-order valence-electron chi connectivity index (χ0n) is 8.97. The monoisotopic (exact) mass is 221 g/mol. The molecular formula is C11H15N3S. The Labute approximate surface area is 93.4 Å². The van der Waals surface area contributed by atoms with Crippen LogP contribution in [0.15, 0.2) is 18.3 Å². The van der Waals surface area contributed by atoms with Crippen LogP contribution in [0.1, 0.15) is 31.3 Å². The number of pyridine rings is 1. The molecule has 0 aliphatic heterocycles. The van der Waals surface area contributed by atoms with E-state index >= 15 is 0 Å². The van der Waals surface area contributed by atoms with Crippen LogP contribution in [0, 0.1) is 5.92 Å². The van der Waals surface area contributed by atoms with Gasteiger partial charge in [0.05, 0.1) is 6.04 Å². The van der Waals surface area contributed by atoms with Gasteiger partial charge in [-0.25, -0.2) is 9.97 Å². The lowest BCUT2D eigenvalue weighted by molar-refractivity contribution is 0.456. The summed E-state index contributed by atoms with van der Waals surface area (Å²) in [6.07, 6.45) is 2.86. The van der Waals surface area contributed by atoms with E-state index in [-0.39, 0.29) is 6.04 Å². The first kappa shape index (κ1) is 10.5. The van der Waals surface area contributed by atoms with Gasteiger partial charge in [0.15, 0.2) is 0 Å². The fourth-order valence-electron chi connectivity index (χ4n) is 1.43. The summed E-state index contributed by atoms with van der Waals surface area (Å²) in [6.45, 7) is 4.31. The molecular weight excluding hydrogens is 206 g/mol. The summed E-state index contributed by atoms with van der Waals surface area (Å²) in [7, 11) is 0. The maximum atomic E-state index is 6.13. The quantitative estimate of drug-likeness (QED) is 0.867. The van der Waals surface area contributed by atoms with Crippen molar-refractivity contribution in [3.05, 3.63) is 23.3 Å². The van der Waals surface area contributed by atoms with Gasteiger partial charge in [0, 0.05) is 6.20 Å². The highest BCUT2D eigenvalue weighted by molar-refractivity contribution is 7.18. The first-order valence-electron chi connectivity index (χ1n) is 5.19. The van der Waals surface area contributed by atoms with Crippen molar-refractivity contribution in [1.82, 2.24) is 9.97 Å². The molecule has 3 nitrogen and oxygen atoms in total. The number of fused-ring (bicyclic) bond motifs is 1. The van der Waals surface area contributed by atoms with E-state index < -0.39 is 0 Å². The summed E-state index contributed by atoms with van der Waals surface area (Å²) >= 11 is 1.60. The third-order valence-electron chi connectivity index (χ3n) is 2.73. The van der Waals surface area contributed by atoms with Crippen LogP contribution < -0.4 is 5.73 Å². The molecule has 0 saturated carbocycles. The molecule has 0 saturated heterocycles. The molecule has 2 unspecified atom stereocenters. The number of nitrogens with zero attached hydrogens (tertiary/aromatic N) is 2. The molecule has 2 atom stereocenters. The normalized spacial score (nSPS) is 15.4. The lowest BCUT2D eigenvalue weighted by atomic mass is 10.0. The standard InChI is InChI=1S/C11H15N3S/c1-3-7(2)9(12)11-14-8-5-4-6-13-10(8)15-11/h4-7,9H,3,12H2,1-2H3. The Bertz CT molecular complexity index is 419. The second kappa shape index (κ2) is 4.24. The molecule has 0 aromatic carbocycles. The van der Waals surface area contributed by atoms with Gasteiger partial charge in [0.1, 0.15) is 15.4 Å². The lowest BCUT2D eigenvalue weighted by Crippen LogP contribution is -2.18. The second-order valence-corrected chi connectivity index (χ2v) is 4.80. The van der Waals surface area contributed by atoms with Crippen molar-refractivity contribution in [1.29, 1.82) is 0 Å². The van der Waals surface area contributed by atoms with Gasteiger partial charge >= 0.3 is 0 Å². The SMILES string of the molecule is CCC(C)C(N)c1nc2cccnc2s1. The van der Waals surface area contributed by atoms with Crippen LogP contribution in [-0.4, -0.2) is 9.97 Å². The average Bonchev–Trinajstić information content (AvgIpc) is 2.70. The molecule has 0 aliphatic carbocycles. The van der Waals surface area contributed by atoms with Gasteiger partial charge in [0.25, 0.3) is 0 Å². The molecule has 2 aromatic rings. The van der Waals surface area contributed by atoms with E-state index in [4.69, 9.17) is 5.73 Å². The Balaban J connectivity index is 2.36. The molecule has 80 valence electrons. The van der Waals surface area contributed by atoms with Crippen molar-refractivity contribution in [3.63, 3.8) is 0 Å². The van der Waals surface area contributed by atoms with Crippen molar-refractivity contribution < 1.29 is 0 Å². The van der Waals surface area contributed by atoms with Crippen molar-refractivity contribution >= 4 is 21.7 Å². The van der Waals surface area contributed by atoms with Crippen molar-refractivity contribution in [2.24, 2.45) is 11.7 Å². The minimum atomic E-state index is 0.0363. The maximum Gasteiger partial charge on any atom is 0.143 e. The van der Waals surface area contributed by atoms with Crippen LogP contribution in [0.5, 0.6) is 0 Å². The van der Waals surface area contributed by atoms with Gasteiger partial charge in [-0.1, -0.05) is 31.6 Å². The van der Waals surface area contributed by atoms with Gasteiger partial charge in [-0.15, -0.1) is 0 Å². The van der Waals surface area contributed by atoms with Crippen LogP contribution in [0.2, 0.25) is 0 Å². The number of hydrogen-bond donors (Lipinski definition) is 1. The fraction of sp³-hybridized carbons (Fsp3) is 0.455. The van der Waals surface area contributed by atoms with Gasteiger partial charge in [0.2, 0.25) is 0 Å². The van der Waals surface area contributed by atoms with Crippen molar-refractivity contribution in [2.45, 2.75) is 26.3 Å². The zero-order chi connectivity index (χ0) is 10.8. The smallest absolute Gasteiger partial charge is 0.143 e. The highest BCUT2D eigenvalue weighted by Gasteiger charge is 2.17. The zero-order valence-corrected chi connectivity index (χ0v) is 9.79. The Morgan fingerprint density at radius 2 is 2.33 bits per heavy atom. The summed E-state index contributed by atoms with van der Waals surface area (Å²) in [4.78, 5) is 9.76. The number of thiazole rings is 1. The van der Waals surface area contributed by atoms with Gasteiger partial charge < -0.3 is 5.73 Å². The predicted molar refractivity (Wildman–Crippen MR) is 63.8 cm³/mol. The second-order valence-electron chi connectivity index (χ2n) is 3.79. The van der Waals surface area contributed by atoms with Crippen LogP contribution in [-0.2, 0) is 0 Å². The topological polar surface area (TPSA) is 51.8 Å². The Morgan fingerprint density at radius 3 is 3.00 bits per heavy atom. The molecule has 4 heteroatoms. The van der Waals surface area contributed by atoms with E-state index in [0.29, 0.717) is 5.92 Å². The van der Waals surface area contributed by atoms with Crippen molar-refractivity contribution in [2.75, 3.05) is 0 Å². The third kappa shape index (κ3) is 2.01. The molecule has 15 heavy (non-hydrogen) atoms. The highest BCUT2D eigenvalue weighted by atomic mass is 32.1. The molecule has 0 amide bonds. The minimum absolute atomic E-state index is 0.0363. The minimum Gasteiger partial charge on any atom is -0.322 e. The Morgan fingerprint density at radius 1 is 1.53 bits per heavy atom. The van der Waals surface area contributed by atoms with Crippen LogP contribution in [0.3, 0.4) is 0 Å². The summed E-state index contributed by atoms with van der Waals surface area (Å²) in [5.74, 6) is 0.463. The first-order chi connectivity index (χ1) is 7.22. The van der Waals surface area contributed by atoms with Gasteiger partial charge in [-0.05, 0) is 18.1 Å². The first-order valence-corrected chi connectivity index (χ1v) is 6.01. The number of aromatic nitrogens is 2. The molecule has 0 radical (unpaired) electrons. The number of nitrogens with two attached hydrogens (primary N) is 1. The summed E-state index contributed by atoms with van der Waals surface area (Å²) in [6, 6.07) is 3.92. The fourth-order valence-corrected chi connectivity index (χ4v) is 2.47. The summed E-state index contributed by atoms with van der Waals surface area (Å²) in [5.41, 5.74) is 7.09. The van der Waals surface area contributed by atoms with E-state index in [9.17, 15) is 0 Å². The van der Waals surface area contributed by atoms with E-state index in [1.54, 1.807) is 17.5 Å². The molecule has 2 N–H and O–H groups in total.